The average molecular weight is 522 g/mol. The van der Waals surface area contributed by atoms with Crippen LogP contribution in [0.1, 0.15) is 53.4 Å². The van der Waals surface area contributed by atoms with Crippen LogP contribution in [0.15, 0.2) is 0 Å². The lowest BCUT2D eigenvalue weighted by Crippen LogP contribution is -2.59. The molecule has 1 unspecified atom stereocenters. The fourth-order valence-electron chi connectivity index (χ4n) is 1.96. The van der Waals surface area contributed by atoms with E-state index in [-0.39, 0.29) is 6.42 Å². The van der Waals surface area contributed by atoms with Gasteiger partial charge in [0.25, 0.3) is 0 Å². The van der Waals surface area contributed by atoms with Crippen molar-refractivity contribution in [2.75, 3.05) is 13.2 Å². The molecular weight excluding hydrogens is 497 g/mol. The van der Waals surface area contributed by atoms with Gasteiger partial charge in [0.15, 0.2) is 0 Å². The standard InChI is InChI=1S/C17H25F7O8S/c1-5-9-30-12(26)15(16(20,21)22,32-11(25)13(2,3)4)31-10-7-6-8-14(18,19)17(23,24)33(27,28)29/h5-10H2,1-4H3,(H,27,28,29). The molecule has 0 aliphatic rings. The Morgan fingerprint density at radius 2 is 1.39 bits per heavy atom. The first-order valence-corrected chi connectivity index (χ1v) is 10.8. The Kier molecular flexibility index (Phi) is 10.2. The summed E-state index contributed by atoms with van der Waals surface area (Å²) in [5.74, 6) is -13.2. The van der Waals surface area contributed by atoms with E-state index in [4.69, 9.17) is 4.55 Å². The number of carbonyl (C=O) groups is 2. The maximum atomic E-state index is 13.8. The van der Waals surface area contributed by atoms with Gasteiger partial charge in [-0.05, 0) is 40.0 Å². The third-order valence-corrected chi connectivity index (χ3v) is 4.81. The van der Waals surface area contributed by atoms with Crippen LogP contribution < -0.4 is 0 Å². The fraction of sp³-hybridized carbons (Fsp3) is 0.882. The van der Waals surface area contributed by atoms with Gasteiger partial charge in [-0.25, -0.2) is 4.79 Å². The van der Waals surface area contributed by atoms with E-state index in [9.17, 15) is 48.7 Å². The van der Waals surface area contributed by atoms with E-state index in [1.54, 1.807) is 0 Å². The minimum Gasteiger partial charge on any atom is -0.461 e. The topological polar surface area (TPSA) is 116 Å². The van der Waals surface area contributed by atoms with Crippen molar-refractivity contribution in [1.29, 1.82) is 0 Å². The second-order valence-corrected chi connectivity index (χ2v) is 9.35. The van der Waals surface area contributed by atoms with Crippen LogP contribution in [0, 0.1) is 5.41 Å². The van der Waals surface area contributed by atoms with Gasteiger partial charge in [-0.2, -0.15) is 39.2 Å². The number of halogens is 7. The lowest BCUT2D eigenvalue weighted by atomic mass is 9.97. The number of esters is 2. The molecule has 1 N–H and O–H groups in total. The molecule has 0 rings (SSSR count). The molecule has 8 nitrogen and oxygen atoms in total. The Labute approximate surface area is 185 Å². The number of alkyl halides is 7. The summed E-state index contributed by atoms with van der Waals surface area (Å²) in [6.45, 7) is 3.25. The zero-order valence-electron chi connectivity index (χ0n) is 18.1. The van der Waals surface area contributed by atoms with Crippen LogP contribution >= 0.6 is 0 Å². The molecule has 0 bridgehead atoms. The number of carbonyl (C=O) groups excluding carboxylic acids is 2. The zero-order chi connectivity index (χ0) is 26.5. The number of hydrogen-bond acceptors (Lipinski definition) is 7. The molecule has 1 atom stereocenters. The molecule has 0 aromatic heterocycles. The summed E-state index contributed by atoms with van der Waals surface area (Å²) in [5, 5.41) is -5.84. The van der Waals surface area contributed by atoms with Crippen molar-refractivity contribution in [3.63, 3.8) is 0 Å². The molecule has 0 aliphatic heterocycles. The highest BCUT2D eigenvalue weighted by atomic mass is 32.2. The molecule has 0 spiro atoms. The van der Waals surface area contributed by atoms with E-state index < -0.39 is 83.1 Å². The summed E-state index contributed by atoms with van der Waals surface area (Å²) in [4.78, 5) is 24.2. The fourth-order valence-corrected chi connectivity index (χ4v) is 2.44. The summed E-state index contributed by atoms with van der Waals surface area (Å²) in [7, 11) is -6.48. The molecule has 0 aromatic rings. The lowest BCUT2D eigenvalue weighted by Gasteiger charge is -2.34. The van der Waals surface area contributed by atoms with E-state index in [2.05, 4.69) is 14.2 Å². The molecular formula is C17H25F7O8S. The molecule has 0 saturated carbocycles. The van der Waals surface area contributed by atoms with Gasteiger partial charge in [0.1, 0.15) is 0 Å². The summed E-state index contributed by atoms with van der Waals surface area (Å²) in [6, 6.07) is 0. The van der Waals surface area contributed by atoms with Crippen molar-refractivity contribution < 1.29 is 67.5 Å². The molecule has 16 heteroatoms. The highest BCUT2D eigenvalue weighted by Crippen LogP contribution is 2.42. The first-order chi connectivity index (χ1) is 14.6. The van der Waals surface area contributed by atoms with E-state index >= 15 is 0 Å². The maximum Gasteiger partial charge on any atom is 0.468 e. The second-order valence-electron chi connectivity index (χ2n) is 7.89. The summed E-state index contributed by atoms with van der Waals surface area (Å²) >= 11 is 0. The van der Waals surface area contributed by atoms with Gasteiger partial charge < -0.3 is 14.2 Å². The molecule has 0 fully saturated rings. The van der Waals surface area contributed by atoms with Crippen LogP contribution in [0.2, 0.25) is 0 Å². The van der Waals surface area contributed by atoms with Crippen molar-refractivity contribution in [3.05, 3.63) is 0 Å². The van der Waals surface area contributed by atoms with Crippen LogP contribution in [0.3, 0.4) is 0 Å². The van der Waals surface area contributed by atoms with Crippen molar-refractivity contribution in [1.82, 2.24) is 0 Å². The molecule has 0 radical (unpaired) electrons. The first-order valence-electron chi connectivity index (χ1n) is 9.41. The molecule has 0 amide bonds. The molecule has 0 saturated heterocycles. The van der Waals surface area contributed by atoms with Gasteiger partial charge in [-0.3, -0.25) is 9.35 Å². The van der Waals surface area contributed by atoms with Crippen LogP contribution in [0.4, 0.5) is 30.7 Å². The molecule has 33 heavy (non-hydrogen) atoms. The van der Waals surface area contributed by atoms with E-state index in [0.717, 1.165) is 0 Å². The van der Waals surface area contributed by atoms with Crippen molar-refractivity contribution in [2.24, 2.45) is 5.41 Å². The highest BCUT2D eigenvalue weighted by Gasteiger charge is 2.68. The summed E-state index contributed by atoms with van der Waals surface area (Å²) in [5.41, 5.74) is -1.53. The molecule has 0 heterocycles. The highest BCUT2D eigenvalue weighted by molar-refractivity contribution is 7.87. The van der Waals surface area contributed by atoms with Crippen LogP contribution in [0.25, 0.3) is 0 Å². The Morgan fingerprint density at radius 1 is 0.879 bits per heavy atom. The predicted molar refractivity (Wildman–Crippen MR) is 96.8 cm³/mol. The van der Waals surface area contributed by atoms with Crippen LogP contribution in [0.5, 0.6) is 0 Å². The number of rotatable bonds is 12. The number of ether oxygens (including phenoxy) is 3. The predicted octanol–water partition coefficient (Wildman–Crippen LogP) is 4.09. The van der Waals surface area contributed by atoms with Gasteiger partial charge >= 0.3 is 45.2 Å². The quantitative estimate of drug-likeness (QED) is 0.134. The van der Waals surface area contributed by atoms with Crippen LogP contribution in [-0.4, -0.2) is 61.3 Å². The molecule has 0 aromatic carbocycles. The first kappa shape index (κ1) is 31.3. The van der Waals surface area contributed by atoms with Gasteiger partial charge in [-0.15, -0.1) is 0 Å². The van der Waals surface area contributed by atoms with Crippen molar-refractivity contribution in [3.8, 4) is 0 Å². The Bertz CT molecular complexity index is 790. The normalized spacial score (nSPS) is 15.6. The Balaban J connectivity index is 5.59. The van der Waals surface area contributed by atoms with Crippen LogP contribution in [-0.2, 0) is 33.9 Å². The lowest BCUT2D eigenvalue weighted by molar-refractivity contribution is -0.357. The Hall–Kier alpha value is -1.68. The van der Waals surface area contributed by atoms with E-state index in [1.165, 1.54) is 27.7 Å². The Morgan fingerprint density at radius 3 is 1.79 bits per heavy atom. The van der Waals surface area contributed by atoms with E-state index in [1.807, 2.05) is 0 Å². The largest absolute Gasteiger partial charge is 0.468 e. The maximum absolute atomic E-state index is 13.8. The minimum absolute atomic E-state index is 0.0873. The minimum atomic E-state index is -6.48. The van der Waals surface area contributed by atoms with Gasteiger partial charge in [-0.1, -0.05) is 6.92 Å². The number of unbranched alkanes of at least 4 members (excludes halogenated alkanes) is 1. The average Bonchev–Trinajstić information content (AvgIpc) is 2.61. The smallest absolute Gasteiger partial charge is 0.461 e. The molecule has 196 valence electrons. The summed E-state index contributed by atoms with van der Waals surface area (Å²) < 4.78 is 137. The zero-order valence-corrected chi connectivity index (χ0v) is 18.9. The third kappa shape index (κ3) is 7.67. The third-order valence-electron chi connectivity index (χ3n) is 3.87. The summed E-state index contributed by atoms with van der Waals surface area (Å²) in [6.07, 6.45) is -9.32. The second kappa shape index (κ2) is 10.7. The SMILES string of the molecule is CCCOC(=O)C(OCCCCC(F)(F)C(F)(F)S(=O)(=O)O)(OC(=O)C(C)(C)C)C(F)(F)F. The molecule has 0 aliphatic carbocycles. The monoisotopic (exact) mass is 522 g/mol. The van der Waals surface area contributed by atoms with Gasteiger partial charge in [0.05, 0.1) is 18.6 Å². The van der Waals surface area contributed by atoms with Crippen molar-refractivity contribution in [2.45, 2.75) is 76.5 Å². The number of hydrogen-bond donors (Lipinski definition) is 1. The van der Waals surface area contributed by atoms with E-state index in [0.29, 0.717) is 0 Å². The van der Waals surface area contributed by atoms with Crippen molar-refractivity contribution >= 4 is 22.1 Å². The van der Waals surface area contributed by atoms with Gasteiger partial charge in [0, 0.05) is 6.42 Å². The van der Waals surface area contributed by atoms with Gasteiger partial charge in [0.2, 0.25) is 0 Å².